The third-order valence-corrected chi connectivity index (χ3v) is 8.95. The summed E-state index contributed by atoms with van der Waals surface area (Å²) in [5.74, 6) is 0. The molecule has 0 saturated carbocycles. The maximum absolute atomic E-state index is 7.29. The molecule has 0 fully saturated rings. The van der Waals surface area contributed by atoms with E-state index in [0.29, 0.717) is 0 Å². The topological polar surface area (TPSA) is 9.23 Å². The van der Waals surface area contributed by atoms with E-state index in [-0.39, 0.29) is 12.2 Å². The number of hydrogen-bond acceptors (Lipinski definition) is 1. The summed E-state index contributed by atoms with van der Waals surface area (Å²) < 4.78 is 7.29. The van der Waals surface area contributed by atoms with Crippen molar-refractivity contribution in [1.29, 1.82) is 0 Å². The second kappa shape index (κ2) is 8.76. The summed E-state index contributed by atoms with van der Waals surface area (Å²) in [6.07, 6.45) is -0.362. The van der Waals surface area contributed by atoms with Crippen LogP contribution in [0.25, 0.3) is 53.9 Å². The zero-order chi connectivity index (χ0) is 26.9. The van der Waals surface area contributed by atoms with Crippen LogP contribution in [0.15, 0.2) is 146 Å². The van der Waals surface area contributed by atoms with E-state index in [1.165, 1.54) is 76.1 Å². The van der Waals surface area contributed by atoms with Crippen LogP contribution >= 0.6 is 0 Å². The third kappa shape index (κ3) is 3.40. The van der Waals surface area contributed by atoms with E-state index in [2.05, 4.69) is 146 Å². The van der Waals surface area contributed by atoms with Gasteiger partial charge in [0.2, 0.25) is 0 Å². The van der Waals surface area contributed by atoms with Gasteiger partial charge >= 0.3 is 0 Å². The number of rotatable bonds is 2. The van der Waals surface area contributed by atoms with Crippen LogP contribution in [0.1, 0.15) is 34.5 Å². The van der Waals surface area contributed by atoms with Crippen molar-refractivity contribution in [3.63, 3.8) is 0 Å². The first-order chi connectivity index (χ1) is 20.3. The minimum absolute atomic E-state index is 0.181. The monoisotopic (exact) mass is 522 g/mol. The molecule has 9 rings (SSSR count). The molecule has 192 valence electrons. The Morgan fingerprint density at radius 3 is 1.05 bits per heavy atom. The van der Waals surface area contributed by atoms with Gasteiger partial charge in [0.1, 0.15) is 12.2 Å². The fourth-order valence-electron chi connectivity index (χ4n) is 7.09. The van der Waals surface area contributed by atoms with Crippen molar-refractivity contribution in [3.8, 4) is 0 Å². The molecule has 0 radical (unpaired) electrons. The van der Waals surface area contributed by atoms with Crippen molar-refractivity contribution < 1.29 is 4.74 Å². The van der Waals surface area contributed by atoms with Crippen LogP contribution in [-0.4, -0.2) is 0 Å². The molecule has 8 aromatic rings. The Hall–Kier alpha value is -4.98. The van der Waals surface area contributed by atoms with Gasteiger partial charge in [0.05, 0.1) is 0 Å². The maximum Gasteiger partial charge on any atom is 0.110 e. The first kappa shape index (κ1) is 22.8. The van der Waals surface area contributed by atoms with Crippen LogP contribution in [0.4, 0.5) is 0 Å². The molecular formula is C40H26O. The predicted molar refractivity (Wildman–Crippen MR) is 172 cm³/mol. The highest BCUT2D eigenvalue weighted by Crippen LogP contribution is 2.51. The minimum Gasteiger partial charge on any atom is -0.356 e. The largest absolute Gasteiger partial charge is 0.356 e. The molecule has 41 heavy (non-hydrogen) atoms. The molecule has 1 heterocycles. The molecule has 0 spiro atoms. The zero-order valence-corrected chi connectivity index (χ0v) is 22.4. The molecule has 0 saturated heterocycles. The fraction of sp³-hybridized carbons (Fsp3) is 0.0500. The number of hydrogen-bond donors (Lipinski definition) is 0. The molecule has 0 bridgehead atoms. The van der Waals surface area contributed by atoms with Crippen LogP contribution in [0.3, 0.4) is 0 Å². The van der Waals surface area contributed by atoms with Gasteiger partial charge in [-0.2, -0.15) is 0 Å². The normalized spacial score (nSPS) is 16.7. The van der Waals surface area contributed by atoms with Gasteiger partial charge in [-0.3, -0.25) is 0 Å². The molecule has 0 aromatic heterocycles. The van der Waals surface area contributed by atoms with Gasteiger partial charge in [0.15, 0.2) is 0 Å². The number of ether oxygens (including phenoxy) is 1. The summed E-state index contributed by atoms with van der Waals surface area (Å²) in [7, 11) is 0. The lowest BCUT2D eigenvalue weighted by Crippen LogP contribution is -2.04. The Morgan fingerprint density at radius 2 is 0.610 bits per heavy atom. The Kier molecular flexibility index (Phi) is 4.87. The van der Waals surface area contributed by atoms with Gasteiger partial charge in [-0.15, -0.1) is 0 Å². The maximum atomic E-state index is 7.29. The highest BCUT2D eigenvalue weighted by molar-refractivity contribution is 6.10. The molecule has 1 aliphatic heterocycles. The Labute approximate surface area is 238 Å². The van der Waals surface area contributed by atoms with Gasteiger partial charge in [0, 0.05) is 0 Å². The molecule has 0 amide bonds. The van der Waals surface area contributed by atoms with Gasteiger partial charge in [-0.05, 0) is 100 Å². The molecule has 8 aromatic carbocycles. The summed E-state index contributed by atoms with van der Waals surface area (Å²) in [5, 5.41) is 12.6. The van der Waals surface area contributed by atoms with E-state index in [9.17, 15) is 0 Å². The Bertz CT molecular complexity index is 2150. The van der Waals surface area contributed by atoms with Crippen LogP contribution in [0.5, 0.6) is 0 Å². The second-order valence-corrected chi connectivity index (χ2v) is 11.2. The molecular weight excluding hydrogens is 496 g/mol. The Balaban J connectivity index is 1.35. The molecule has 2 unspecified atom stereocenters. The van der Waals surface area contributed by atoms with Gasteiger partial charge < -0.3 is 4.74 Å². The summed E-state index contributed by atoms with van der Waals surface area (Å²) in [4.78, 5) is 0. The van der Waals surface area contributed by atoms with E-state index in [1.807, 2.05) is 0 Å². The van der Waals surface area contributed by atoms with Crippen molar-refractivity contribution in [2.75, 3.05) is 0 Å². The predicted octanol–water partition coefficient (Wildman–Crippen LogP) is 10.7. The highest BCUT2D eigenvalue weighted by Gasteiger charge is 2.36. The summed E-state index contributed by atoms with van der Waals surface area (Å²) in [6.45, 7) is 0. The van der Waals surface area contributed by atoms with Crippen molar-refractivity contribution in [2.24, 2.45) is 0 Å². The number of fused-ring (bicyclic) bond motifs is 8. The lowest BCUT2D eigenvalue weighted by atomic mass is 9.87. The summed E-state index contributed by atoms with van der Waals surface area (Å²) >= 11 is 0. The van der Waals surface area contributed by atoms with Crippen molar-refractivity contribution in [2.45, 2.75) is 12.2 Å². The first-order valence-electron chi connectivity index (χ1n) is 14.3. The van der Waals surface area contributed by atoms with E-state index in [1.54, 1.807) is 0 Å². The van der Waals surface area contributed by atoms with Crippen LogP contribution in [0.2, 0.25) is 0 Å². The smallest absolute Gasteiger partial charge is 0.110 e. The average Bonchev–Trinajstić information content (AvgIpc) is 3.40. The first-order valence-corrected chi connectivity index (χ1v) is 14.3. The van der Waals surface area contributed by atoms with Gasteiger partial charge in [0.25, 0.3) is 0 Å². The van der Waals surface area contributed by atoms with Gasteiger partial charge in [-0.25, -0.2) is 0 Å². The fourth-order valence-corrected chi connectivity index (χ4v) is 7.09. The third-order valence-electron chi connectivity index (χ3n) is 8.95. The lowest BCUT2D eigenvalue weighted by molar-refractivity contribution is 0.0600. The summed E-state index contributed by atoms with van der Waals surface area (Å²) in [6, 6.07) is 53.0. The molecule has 1 aliphatic rings. The van der Waals surface area contributed by atoms with Crippen LogP contribution in [-0.2, 0) is 4.74 Å². The second-order valence-electron chi connectivity index (χ2n) is 11.2. The summed E-state index contributed by atoms with van der Waals surface area (Å²) in [5.41, 5.74) is 4.96. The molecule has 0 aliphatic carbocycles. The standard InChI is InChI=1S/C40H26O/c1-2-12-26-22-38-37(21-25(26)11-1)39(35-23-27-13-3-5-15-29(27)31-17-7-9-19-33(31)35)41-40(38)36-24-28-14-4-6-16-30(28)32-18-8-10-20-34(32)36/h1-24,39-40H. The van der Waals surface area contributed by atoms with E-state index < -0.39 is 0 Å². The van der Waals surface area contributed by atoms with E-state index >= 15 is 0 Å². The van der Waals surface area contributed by atoms with Crippen molar-refractivity contribution >= 4 is 53.9 Å². The number of benzene rings is 8. The average molecular weight is 523 g/mol. The van der Waals surface area contributed by atoms with Crippen LogP contribution < -0.4 is 0 Å². The molecule has 1 heteroatoms. The van der Waals surface area contributed by atoms with E-state index in [0.717, 1.165) is 0 Å². The van der Waals surface area contributed by atoms with Crippen molar-refractivity contribution in [3.05, 3.63) is 168 Å². The SMILES string of the molecule is c1ccc2cc3c(cc2c1)C(c1cc2ccccc2c2ccccc12)OC3c1cc2ccccc2c2ccccc12. The van der Waals surface area contributed by atoms with E-state index in [4.69, 9.17) is 4.74 Å². The Morgan fingerprint density at radius 1 is 0.293 bits per heavy atom. The molecule has 1 nitrogen and oxygen atoms in total. The highest BCUT2D eigenvalue weighted by atomic mass is 16.5. The zero-order valence-electron chi connectivity index (χ0n) is 22.4. The molecule has 0 N–H and O–H groups in total. The minimum atomic E-state index is -0.181. The lowest BCUT2D eigenvalue weighted by Gasteiger charge is -2.20. The van der Waals surface area contributed by atoms with Gasteiger partial charge in [-0.1, -0.05) is 121 Å². The molecule has 2 atom stereocenters. The van der Waals surface area contributed by atoms with Crippen LogP contribution in [0, 0.1) is 0 Å². The quantitative estimate of drug-likeness (QED) is 0.205. The van der Waals surface area contributed by atoms with Crippen molar-refractivity contribution in [1.82, 2.24) is 0 Å².